The zero-order chi connectivity index (χ0) is 13.9. The first kappa shape index (κ1) is 14.4. The first-order valence-corrected chi connectivity index (χ1v) is 4.95. The topological polar surface area (TPSA) is 68.7 Å². The van der Waals surface area contributed by atoms with Crippen LogP contribution in [0, 0.1) is 0 Å². The van der Waals surface area contributed by atoms with Crippen molar-refractivity contribution in [2.24, 2.45) is 0 Å². The molecule has 1 aromatic heterocycles. The molecule has 1 aromatic rings. The molecule has 0 radical (unpaired) electrons. The van der Waals surface area contributed by atoms with Gasteiger partial charge >= 0.3 is 12.3 Å². The Kier molecular flexibility index (Phi) is 4.23. The maximum atomic E-state index is 12.1. The van der Waals surface area contributed by atoms with E-state index in [1.807, 2.05) is 0 Å². The van der Waals surface area contributed by atoms with Gasteiger partial charge in [0.05, 0.1) is 13.0 Å². The maximum Gasteiger partial charge on any atom is 0.574 e. The highest BCUT2D eigenvalue weighted by Gasteiger charge is 2.34. The van der Waals surface area contributed by atoms with Gasteiger partial charge < -0.3 is 14.6 Å². The van der Waals surface area contributed by atoms with Gasteiger partial charge in [0.15, 0.2) is 0 Å². The second kappa shape index (κ2) is 5.30. The Morgan fingerprint density at radius 3 is 2.50 bits per heavy atom. The lowest BCUT2D eigenvalue weighted by atomic mass is 10.2. The van der Waals surface area contributed by atoms with E-state index in [9.17, 15) is 18.0 Å². The summed E-state index contributed by atoms with van der Waals surface area (Å²) in [6, 6.07) is 0.919. The largest absolute Gasteiger partial charge is 0.574 e. The molecule has 0 amide bonds. The molecule has 100 valence electrons. The highest BCUT2D eigenvalue weighted by Crippen LogP contribution is 2.30. The van der Waals surface area contributed by atoms with Gasteiger partial charge in [-0.3, -0.25) is 0 Å². The zero-order valence-electron chi connectivity index (χ0n) is 8.92. The van der Waals surface area contributed by atoms with Gasteiger partial charge in [-0.15, -0.1) is 24.8 Å². The lowest BCUT2D eigenvalue weighted by molar-refractivity contribution is -0.276. The monoisotopic (exact) mass is 285 g/mol. The average Bonchev–Trinajstić information content (AvgIpc) is 2.25. The highest BCUT2D eigenvalue weighted by molar-refractivity contribution is 6.17. The van der Waals surface area contributed by atoms with Crippen molar-refractivity contribution in [3.63, 3.8) is 0 Å². The van der Waals surface area contributed by atoms with Crippen LogP contribution in [0.4, 0.5) is 13.2 Å². The fourth-order valence-corrected chi connectivity index (χ4v) is 1.33. The van der Waals surface area contributed by atoms with Crippen molar-refractivity contribution < 1.29 is 32.5 Å². The number of nitrogens with zero attached hydrogens (tertiary/aromatic N) is 1. The SMILES string of the molecule is COc1nc(OC(F)(F)F)c(C(=O)O)cc1CCl. The van der Waals surface area contributed by atoms with Crippen molar-refractivity contribution in [1.82, 2.24) is 4.98 Å². The number of aromatic nitrogens is 1. The standard InChI is InChI=1S/C9H7ClF3NO4/c1-17-6-4(3-10)2-5(8(15)16)7(14-6)18-9(11,12)13/h2H,3H2,1H3,(H,15,16). The minimum Gasteiger partial charge on any atom is -0.481 e. The zero-order valence-corrected chi connectivity index (χ0v) is 9.67. The van der Waals surface area contributed by atoms with Crippen molar-refractivity contribution >= 4 is 17.6 Å². The third-order valence-corrected chi connectivity index (χ3v) is 2.09. The molecule has 0 atom stereocenters. The predicted molar refractivity (Wildman–Crippen MR) is 54.0 cm³/mol. The minimum absolute atomic E-state index is 0.145. The van der Waals surface area contributed by atoms with E-state index in [2.05, 4.69) is 9.72 Å². The van der Waals surface area contributed by atoms with Gasteiger partial charge in [-0.2, -0.15) is 4.98 Å². The molecule has 0 saturated heterocycles. The molecular formula is C9H7ClF3NO4. The average molecular weight is 286 g/mol. The fraction of sp³-hybridized carbons (Fsp3) is 0.333. The Labute approximate surface area is 104 Å². The lowest BCUT2D eigenvalue weighted by Gasteiger charge is -2.13. The molecule has 0 fully saturated rings. The summed E-state index contributed by atoms with van der Waals surface area (Å²) in [5, 5.41) is 8.77. The Morgan fingerprint density at radius 2 is 2.11 bits per heavy atom. The number of hydrogen-bond acceptors (Lipinski definition) is 4. The lowest BCUT2D eigenvalue weighted by Crippen LogP contribution is -2.20. The van der Waals surface area contributed by atoms with E-state index in [0.717, 1.165) is 13.2 Å². The molecule has 0 unspecified atom stereocenters. The van der Waals surface area contributed by atoms with Crippen molar-refractivity contribution in [2.45, 2.75) is 12.2 Å². The van der Waals surface area contributed by atoms with Crippen LogP contribution in [0.2, 0.25) is 0 Å². The van der Waals surface area contributed by atoms with E-state index in [4.69, 9.17) is 21.4 Å². The van der Waals surface area contributed by atoms with Gasteiger partial charge in [-0.1, -0.05) is 0 Å². The van der Waals surface area contributed by atoms with Gasteiger partial charge in [-0.05, 0) is 6.07 Å². The molecule has 0 saturated carbocycles. The molecule has 0 bridgehead atoms. The number of ether oxygens (including phenoxy) is 2. The fourth-order valence-electron chi connectivity index (χ4n) is 1.14. The summed E-state index contributed by atoms with van der Waals surface area (Å²) < 4.78 is 44.5. The van der Waals surface area contributed by atoms with E-state index < -0.39 is 23.8 Å². The summed E-state index contributed by atoms with van der Waals surface area (Å²) in [6.07, 6.45) is -5.05. The van der Waals surface area contributed by atoms with Crippen LogP contribution in [0.3, 0.4) is 0 Å². The molecule has 1 N–H and O–H groups in total. The molecule has 18 heavy (non-hydrogen) atoms. The van der Waals surface area contributed by atoms with Crippen LogP contribution in [0.25, 0.3) is 0 Å². The summed E-state index contributed by atoms with van der Waals surface area (Å²) in [7, 11) is 1.16. The number of carboxylic acids is 1. The number of methoxy groups -OCH3 is 1. The van der Waals surface area contributed by atoms with Crippen molar-refractivity contribution in [3.8, 4) is 11.8 Å². The first-order valence-electron chi connectivity index (χ1n) is 4.41. The molecular weight excluding hydrogens is 279 g/mol. The Bertz CT molecular complexity index is 464. The molecule has 0 aliphatic carbocycles. The van der Waals surface area contributed by atoms with Crippen LogP contribution in [0.5, 0.6) is 11.8 Å². The van der Waals surface area contributed by atoms with Gasteiger partial charge in [0.25, 0.3) is 0 Å². The molecule has 0 aromatic carbocycles. The number of halogens is 4. The van der Waals surface area contributed by atoms with E-state index in [-0.39, 0.29) is 17.3 Å². The van der Waals surface area contributed by atoms with E-state index in [1.165, 1.54) is 0 Å². The smallest absolute Gasteiger partial charge is 0.481 e. The van der Waals surface area contributed by atoms with Crippen LogP contribution >= 0.6 is 11.6 Å². The number of hydrogen-bond donors (Lipinski definition) is 1. The summed E-state index contributed by atoms with van der Waals surface area (Å²) in [5.41, 5.74) is -0.602. The maximum absolute atomic E-state index is 12.1. The number of pyridine rings is 1. The number of carbonyl (C=O) groups is 1. The predicted octanol–water partition coefficient (Wildman–Crippen LogP) is 2.43. The van der Waals surface area contributed by atoms with E-state index in [1.54, 1.807) is 0 Å². The second-order valence-corrected chi connectivity index (χ2v) is 3.26. The van der Waals surface area contributed by atoms with Gasteiger partial charge in [0.2, 0.25) is 11.8 Å². The Hall–Kier alpha value is -1.70. The van der Waals surface area contributed by atoms with Gasteiger partial charge in [0, 0.05) is 5.56 Å². The van der Waals surface area contributed by atoms with E-state index in [0.29, 0.717) is 0 Å². The van der Waals surface area contributed by atoms with Crippen molar-refractivity contribution in [3.05, 3.63) is 17.2 Å². The van der Waals surface area contributed by atoms with Crippen LogP contribution < -0.4 is 9.47 Å². The summed E-state index contributed by atoms with van der Waals surface area (Å²) >= 11 is 5.50. The molecule has 0 aliphatic heterocycles. The Balaban J connectivity index is 3.33. The van der Waals surface area contributed by atoms with Crippen LogP contribution in [-0.4, -0.2) is 29.5 Å². The van der Waals surface area contributed by atoms with E-state index >= 15 is 0 Å². The quantitative estimate of drug-likeness (QED) is 0.861. The normalized spacial score (nSPS) is 11.2. The molecule has 0 aliphatic rings. The summed E-state index contributed by atoms with van der Waals surface area (Å²) in [4.78, 5) is 14.1. The molecule has 1 heterocycles. The summed E-state index contributed by atoms with van der Waals surface area (Å²) in [5.74, 6) is -3.10. The molecule has 1 rings (SSSR count). The molecule has 5 nitrogen and oxygen atoms in total. The highest BCUT2D eigenvalue weighted by atomic mass is 35.5. The number of alkyl halides is 4. The second-order valence-electron chi connectivity index (χ2n) is 3.00. The minimum atomic E-state index is -5.05. The van der Waals surface area contributed by atoms with Crippen LogP contribution in [-0.2, 0) is 5.88 Å². The first-order chi connectivity index (χ1) is 8.28. The van der Waals surface area contributed by atoms with Crippen LogP contribution in [0.15, 0.2) is 6.07 Å². The van der Waals surface area contributed by atoms with Gasteiger partial charge in [-0.25, -0.2) is 4.79 Å². The van der Waals surface area contributed by atoms with Crippen molar-refractivity contribution in [1.29, 1.82) is 0 Å². The summed E-state index contributed by atoms with van der Waals surface area (Å²) in [6.45, 7) is 0. The van der Waals surface area contributed by atoms with Gasteiger partial charge in [0.1, 0.15) is 5.56 Å². The molecule has 0 spiro atoms. The number of aromatic carboxylic acids is 1. The third-order valence-electron chi connectivity index (χ3n) is 1.81. The van der Waals surface area contributed by atoms with Crippen LogP contribution in [0.1, 0.15) is 15.9 Å². The Morgan fingerprint density at radius 1 is 1.50 bits per heavy atom. The third kappa shape index (κ3) is 3.39. The number of rotatable bonds is 4. The molecule has 9 heteroatoms. The number of carboxylic acid groups (broad SMARTS) is 1. The van der Waals surface area contributed by atoms with Crippen molar-refractivity contribution in [2.75, 3.05) is 7.11 Å².